The molecule has 0 bridgehead atoms. The first-order chi connectivity index (χ1) is 15.7. The molecule has 3 aliphatic rings. The van der Waals surface area contributed by atoms with Crippen molar-refractivity contribution >= 4 is 5.91 Å². The summed E-state index contributed by atoms with van der Waals surface area (Å²) in [6.07, 6.45) is 1.08. The fourth-order valence-corrected chi connectivity index (χ4v) is 5.45. The molecule has 2 aromatic rings. The molecule has 2 N–H and O–H groups in total. The number of aryl methyl sites for hydroxylation is 1. The van der Waals surface area contributed by atoms with Crippen LogP contribution in [0.4, 0.5) is 8.78 Å². The molecule has 0 fully saturated rings. The second-order valence-electron chi connectivity index (χ2n) is 9.47. The Hall–Kier alpha value is -3.36. The van der Waals surface area contributed by atoms with Gasteiger partial charge in [0.15, 0.2) is 6.17 Å². The molecule has 0 saturated heterocycles. The smallest absolute Gasteiger partial charge is 0.282 e. The van der Waals surface area contributed by atoms with E-state index in [0.717, 1.165) is 22.4 Å². The van der Waals surface area contributed by atoms with E-state index in [4.69, 9.17) is 0 Å². The second-order valence-corrected chi connectivity index (χ2v) is 9.47. The Labute approximate surface area is 190 Å². The summed E-state index contributed by atoms with van der Waals surface area (Å²) < 4.78 is 30.0. The van der Waals surface area contributed by atoms with Crippen molar-refractivity contribution in [3.8, 4) is 11.1 Å². The predicted molar refractivity (Wildman–Crippen MR) is 119 cm³/mol. The summed E-state index contributed by atoms with van der Waals surface area (Å²) in [4.78, 5) is 13.5. The van der Waals surface area contributed by atoms with Crippen molar-refractivity contribution < 1.29 is 13.6 Å². The number of hydrogen-bond donors (Lipinski definition) is 2. The van der Waals surface area contributed by atoms with Crippen LogP contribution in [0, 0.1) is 0 Å². The number of rotatable bonds is 4. The van der Waals surface area contributed by atoms with E-state index in [2.05, 4.69) is 26.0 Å². The van der Waals surface area contributed by atoms with Crippen molar-refractivity contribution in [2.45, 2.75) is 57.2 Å². The van der Waals surface area contributed by atoms with Crippen molar-refractivity contribution in [1.29, 1.82) is 0 Å². The van der Waals surface area contributed by atoms with Crippen molar-refractivity contribution in [3.05, 3.63) is 64.8 Å². The third kappa shape index (κ3) is 3.20. The standard InChI is InChI=1S/C24H26F2N6O/c1-5-24(15-8-6-7-13(9-15)14-11-27-32(4)12-14)17-16(10-23(2,3)29-22(17)33)28-21-18(24)19(20(25)26)30-31-21/h6-9,11-12,20-21,28H,5,10H2,1-4H3,(H,29,33)/t21?,24-/m0/s1. The van der Waals surface area contributed by atoms with Crippen molar-refractivity contribution in [3.63, 3.8) is 0 Å². The van der Waals surface area contributed by atoms with Gasteiger partial charge in [0.1, 0.15) is 5.70 Å². The van der Waals surface area contributed by atoms with Gasteiger partial charge in [-0.1, -0.05) is 25.1 Å². The number of alkyl halides is 2. The first-order valence-corrected chi connectivity index (χ1v) is 11.0. The molecule has 1 aromatic heterocycles. The maximum absolute atomic E-state index is 14.1. The van der Waals surface area contributed by atoms with E-state index in [9.17, 15) is 13.6 Å². The maximum Gasteiger partial charge on any atom is 0.282 e. The Morgan fingerprint density at radius 3 is 2.73 bits per heavy atom. The monoisotopic (exact) mass is 452 g/mol. The number of halogens is 2. The lowest BCUT2D eigenvalue weighted by Crippen LogP contribution is -2.58. The Balaban J connectivity index is 1.80. The first-order valence-electron chi connectivity index (χ1n) is 11.0. The molecule has 5 rings (SSSR count). The minimum atomic E-state index is -2.80. The summed E-state index contributed by atoms with van der Waals surface area (Å²) in [5.41, 5.74) is 2.23. The highest BCUT2D eigenvalue weighted by Crippen LogP contribution is 2.53. The van der Waals surface area contributed by atoms with Crippen molar-refractivity contribution in [2.75, 3.05) is 0 Å². The summed E-state index contributed by atoms with van der Waals surface area (Å²) in [6, 6.07) is 7.71. The number of benzene rings is 1. The van der Waals surface area contributed by atoms with Crippen LogP contribution in [-0.4, -0.2) is 33.8 Å². The van der Waals surface area contributed by atoms with Crippen LogP contribution in [-0.2, 0) is 17.3 Å². The van der Waals surface area contributed by atoms with Crippen LogP contribution in [0.15, 0.2) is 69.4 Å². The molecule has 4 heterocycles. The Morgan fingerprint density at radius 1 is 1.27 bits per heavy atom. The Bertz CT molecular complexity index is 1240. The third-order valence-corrected chi connectivity index (χ3v) is 6.76. The average Bonchev–Trinajstić information content (AvgIpc) is 3.38. The normalized spacial score (nSPS) is 25.8. The summed E-state index contributed by atoms with van der Waals surface area (Å²) >= 11 is 0. The van der Waals surface area contributed by atoms with Gasteiger partial charge in [-0.3, -0.25) is 9.48 Å². The minimum Gasteiger partial charge on any atom is -0.362 e. The Kier molecular flexibility index (Phi) is 4.77. The van der Waals surface area contributed by atoms with Gasteiger partial charge in [0.25, 0.3) is 12.3 Å². The highest BCUT2D eigenvalue weighted by Gasteiger charge is 2.55. The van der Waals surface area contributed by atoms with E-state index in [1.54, 1.807) is 10.9 Å². The SMILES string of the molecule is CC[C@]1(c2cccc(-c3cnn(C)c3)c2)C2=C(CC(C)(C)NC2=O)NC2N=NC(C(F)F)=C21. The number of nitrogens with one attached hydrogen (secondary N) is 2. The molecular formula is C24H26F2N6O. The van der Waals surface area contributed by atoms with Crippen LogP contribution in [0.2, 0.25) is 0 Å². The molecule has 1 unspecified atom stereocenters. The molecule has 3 aliphatic heterocycles. The van der Waals surface area contributed by atoms with Gasteiger partial charge < -0.3 is 10.6 Å². The molecule has 0 radical (unpaired) electrons. The molecule has 0 spiro atoms. The Morgan fingerprint density at radius 2 is 2.06 bits per heavy atom. The van der Waals surface area contributed by atoms with Crippen LogP contribution < -0.4 is 10.6 Å². The van der Waals surface area contributed by atoms with Gasteiger partial charge in [0.2, 0.25) is 0 Å². The highest BCUT2D eigenvalue weighted by atomic mass is 19.3. The van der Waals surface area contributed by atoms with Gasteiger partial charge in [-0.05, 0) is 37.5 Å². The summed E-state index contributed by atoms with van der Waals surface area (Å²) in [5.74, 6) is -0.256. The lowest BCUT2D eigenvalue weighted by molar-refractivity contribution is -0.120. The summed E-state index contributed by atoms with van der Waals surface area (Å²) in [6.45, 7) is 5.81. The van der Waals surface area contributed by atoms with Gasteiger partial charge in [-0.15, -0.1) is 0 Å². The van der Waals surface area contributed by atoms with E-state index in [1.165, 1.54) is 0 Å². The minimum absolute atomic E-state index is 0.256. The number of azo groups is 1. The second kappa shape index (κ2) is 7.33. The molecule has 33 heavy (non-hydrogen) atoms. The van der Waals surface area contributed by atoms with Gasteiger partial charge in [0, 0.05) is 42.0 Å². The predicted octanol–water partition coefficient (Wildman–Crippen LogP) is 4.20. The third-order valence-electron chi connectivity index (χ3n) is 6.76. The number of carbonyl (C=O) groups is 1. The van der Waals surface area contributed by atoms with E-state index in [1.807, 2.05) is 58.3 Å². The lowest BCUT2D eigenvalue weighted by atomic mass is 9.61. The molecule has 0 aliphatic carbocycles. The quantitative estimate of drug-likeness (QED) is 0.729. The van der Waals surface area contributed by atoms with Gasteiger partial charge in [-0.2, -0.15) is 15.3 Å². The topological polar surface area (TPSA) is 83.7 Å². The average molecular weight is 453 g/mol. The number of hydrogen-bond acceptors (Lipinski definition) is 5. The summed E-state index contributed by atoms with van der Waals surface area (Å²) in [7, 11) is 1.84. The molecule has 0 saturated carbocycles. The van der Waals surface area contributed by atoms with Gasteiger partial charge in [0.05, 0.1) is 17.2 Å². The molecule has 1 aromatic carbocycles. The lowest BCUT2D eigenvalue weighted by Gasteiger charge is -2.48. The van der Waals surface area contributed by atoms with Crippen LogP contribution in [0.3, 0.4) is 0 Å². The van der Waals surface area contributed by atoms with Crippen LogP contribution in [0.25, 0.3) is 11.1 Å². The number of carbonyl (C=O) groups excluding carboxylic acids is 1. The van der Waals surface area contributed by atoms with Gasteiger partial charge >= 0.3 is 0 Å². The van der Waals surface area contributed by atoms with Crippen LogP contribution in [0.1, 0.15) is 39.2 Å². The fourth-order valence-electron chi connectivity index (χ4n) is 5.45. The first kappa shape index (κ1) is 21.5. The zero-order chi connectivity index (χ0) is 23.5. The largest absolute Gasteiger partial charge is 0.362 e. The molecular weight excluding hydrogens is 426 g/mol. The number of allylic oxidation sites excluding steroid dienone is 1. The van der Waals surface area contributed by atoms with Crippen molar-refractivity contribution in [1.82, 2.24) is 20.4 Å². The van der Waals surface area contributed by atoms with E-state index in [0.29, 0.717) is 24.0 Å². The van der Waals surface area contributed by atoms with E-state index < -0.39 is 23.5 Å². The van der Waals surface area contributed by atoms with E-state index >= 15 is 0 Å². The highest BCUT2D eigenvalue weighted by molar-refractivity contribution is 6.00. The number of amides is 1. The van der Waals surface area contributed by atoms with Crippen LogP contribution >= 0.6 is 0 Å². The molecule has 2 atom stereocenters. The van der Waals surface area contributed by atoms with Gasteiger partial charge in [-0.25, -0.2) is 8.78 Å². The molecule has 172 valence electrons. The molecule has 9 heteroatoms. The zero-order valence-corrected chi connectivity index (χ0v) is 19.0. The zero-order valence-electron chi connectivity index (χ0n) is 19.0. The molecule has 7 nitrogen and oxygen atoms in total. The number of nitrogens with zero attached hydrogens (tertiary/aromatic N) is 4. The fraction of sp³-hybridized carbons (Fsp3) is 0.417. The number of fused-ring (bicyclic) bond motifs is 1. The maximum atomic E-state index is 14.1. The summed E-state index contributed by atoms with van der Waals surface area (Å²) in [5, 5.41) is 18.6. The number of aromatic nitrogens is 2. The van der Waals surface area contributed by atoms with Crippen molar-refractivity contribution in [2.24, 2.45) is 17.3 Å². The van der Waals surface area contributed by atoms with Crippen LogP contribution in [0.5, 0.6) is 0 Å². The molecule has 1 amide bonds. The van der Waals surface area contributed by atoms with E-state index in [-0.39, 0.29) is 11.6 Å².